The second-order valence-corrected chi connectivity index (χ2v) is 1.78. The zero-order chi connectivity index (χ0) is 6.95. The number of hydrogen-bond acceptors (Lipinski definition) is 3. The lowest BCUT2D eigenvalue weighted by atomic mass is 10.5. The van der Waals surface area contributed by atoms with Crippen molar-refractivity contribution >= 4 is 0 Å². The molecule has 0 aliphatic carbocycles. The Labute approximate surface area is 56.0 Å². The number of hydrogen-bond donors (Lipinski definition) is 2. The summed E-state index contributed by atoms with van der Waals surface area (Å²) in [7, 11) is 0. The van der Waals surface area contributed by atoms with E-state index in [1.54, 1.807) is 0 Å². The Kier molecular flexibility index (Phi) is 7.77. The van der Waals surface area contributed by atoms with Crippen LogP contribution in [0, 0.1) is 0 Å². The van der Waals surface area contributed by atoms with E-state index < -0.39 is 0 Å². The number of nitrogens with one attached hydrogen (secondary N) is 1. The fraction of sp³-hybridized carbons (Fsp3) is 1.00. The first-order chi connectivity index (χ1) is 4.41. The van der Waals surface area contributed by atoms with Gasteiger partial charge in [0.25, 0.3) is 0 Å². The van der Waals surface area contributed by atoms with Gasteiger partial charge >= 0.3 is 0 Å². The predicted octanol–water partition coefficient (Wildman–Crippen LogP) is -0.0476. The van der Waals surface area contributed by atoms with E-state index in [0.717, 1.165) is 13.0 Å². The second-order valence-electron chi connectivity index (χ2n) is 1.78. The zero-order valence-electron chi connectivity index (χ0n) is 5.89. The van der Waals surface area contributed by atoms with E-state index in [0.29, 0.717) is 13.3 Å². The Hall–Kier alpha value is -0.120. The van der Waals surface area contributed by atoms with Gasteiger partial charge in [0.1, 0.15) is 0 Å². The van der Waals surface area contributed by atoms with Crippen molar-refractivity contribution in [3.63, 3.8) is 0 Å². The molecule has 0 saturated carbocycles. The van der Waals surface area contributed by atoms with Gasteiger partial charge in [0.2, 0.25) is 0 Å². The summed E-state index contributed by atoms with van der Waals surface area (Å²) in [5.74, 6) is 0. The molecule has 0 unspecified atom stereocenters. The van der Waals surface area contributed by atoms with Crippen LogP contribution in [0.15, 0.2) is 0 Å². The molecule has 0 aliphatic heterocycles. The van der Waals surface area contributed by atoms with Crippen LogP contribution in [-0.2, 0) is 4.74 Å². The Bertz CT molecular complexity index is 44.3. The average molecular weight is 133 g/mol. The largest absolute Gasteiger partial charge is 0.395 e. The minimum Gasteiger partial charge on any atom is -0.395 e. The van der Waals surface area contributed by atoms with Gasteiger partial charge in [-0.15, -0.1) is 0 Å². The van der Waals surface area contributed by atoms with E-state index in [-0.39, 0.29) is 6.61 Å². The van der Waals surface area contributed by atoms with Crippen LogP contribution in [0.3, 0.4) is 0 Å². The molecular formula is C6H15NO2. The summed E-state index contributed by atoms with van der Waals surface area (Å²) in [5.41, 5.74) is 0. The molecule has 9 heavy (non-hydrogen) atoms. The van der Waals surface area contributed by atoms with Crippen molar-refractivity contribution in [2.75, 3.05) is 26.5 Å². The first-order valence-electron chi connectivity index (χ1n) is 3.31. The maximum absolute atomic E-state index is 8.30. The molecule has 3 nitrogen and oxygen atoms in total. The first kappa shape index (κ1) is 8.88. The molecule has 0 saturated heterocycles. The SMILES string of the molecule is CCCOCNCCO. The molecule has 0 spiro atoms. The first-order valence-corrected chi connectivity index (χ1v) is 3.31. The van der Waals surface area contributed by atoms with Crippen LogP contribution in [0.5, 0.6) is 0 Å². The Balaban J connectivity index is 2.60. The fourth-order valence-electron chi connectivity index (χ4n) is 0.440. The summed E-state index contributed by atoms with van der Waals surface area (Å²) in [4.78, 5) is 0. The highest BCUT2D eigenvalue weighted by Gasteiger charge is 1.82. The highest BCUT2D eigenvalue weighted by Crippen LogP contribution is 1.75. The van der Waals surface area contributed by atoms with Crippen molar-refractivity contribution in [3.8, 4) is 0 Å². The molecule has 0 aromatic rings. The van der Waals surface area contributed by atoms with Crippen LogP contribution in [0.2, 0.25) is 0 Å². The zero-order valence-corrected chi connectivity index (χ0v) is 5.89. The molecule has 0 amide bonds. The molecular weight excluding hydrogens is 118 g/mol. The minimum atomic E-state index is 0.176. The summed E-state index contributed by atoms with van der Waals surface area (Å²) >= 11 is 0. The lowest BCUT2D eigenvalue weighted by molar-refractivity contribution is 0.112. The molecule has 0 aromatic heterocycles. The molecule has 0 atom stereocenters. The van der Waals surface area contributed by atoms with Crippen LogP contribution >= 0.6 is 0 Å². The molecule has 0 radical (unpaired) electrons. The summed E-state index contributed by atoms with van der Waals surface area (Å²) in [6.45, 7) is 4.19. The maximum Gasteiger partial charge on any atom is 0.0966 e. The summed E-state index contributed by atoms with van der Waals surface area (Å²) in [6, 6.07) is 0. The summed E-state index contributed by atoms with van der Waals surface area (Å²) in [6.07, 6.45) is 1.04. The van der Waals surface area contributed by atoms with Gasteiger partial charge in [-0.2, -0.15) is 0 Å². The maximum atomic E-state index is 8.30. The number of rotatable bonds is 6. The van der Waals surface area contributed by atoms with Crippen LogP contribution in [-0.4, -0.2) is 31.6 Å². The highest BCUT2D eigenvalue weighted by molar-refractivity contribution is 4.34. The van der Waals surface area contributed by atoms with E-state index in [9.17, 15) is 0 Å². The predicted molar refractivity (Wildman–Crippen MR) is 36.2 cm³/mol. The molecule has 2 N–H and O–H groups in total. The van der Waals surface area contributed by atoms with Crippen molar-refractivity contribution in [2.45, 2.75) is 13.3 Å². The van der Waals surface area contributed by atoms with E-state index in [2.05, 4.69) is 12.2 Å². The molecule has 56 valence electrons. The van der Waals surface area contributed by atoms with Crippen LogP contribution in [0.4, 0.5) is 0 Å². The van der Waals surface area contributed by atoms with Gasteiger partial charge < -0.3 is 9.84 Å². The molecule has 0 bridgehead atoms. The van der Waals surface area contributed by atoms with Crippen LogP contribution in [0.1, 0.15) is 13.3 Å². The third-order valence-electron chi connectivity index (χ3n) is 0.841. The van der Waals surface area contributed by atoms with Gasteiger partial charge in [0.05, 0.1) is 13.3 Å². The lowest BCUT2D eigenvalue weighted by Gasteiger charge is -2.01. The van der Waals surface area contributed by atoms with Crippen molar-refractivity contribution in [1.29, 1.82) is 0 Å². The Morgan fingerprint density at radius 2 is 2.33 bits per heavy atom. The second kappa shape index (κ2) is 7.88. The summed E-state index contributed by atoms with van der Waals surface area (Å²) < 4.78 is 5.06. The van der Waals surface area contributed by atoms with E-state index >= 15 is 0 Å². The number of aliphatic hydroxyl groups is 1. The quantitative estimate of drug-likeness (QED) is 0.394. The van der Waals surface area contributed by atoms with Gasteiger partial charge in [-0.05, 0) is 6.42 Å². The van der Waals surface area contributed by atoms with E-state index in [1.807, 2.05) is 0 Å². The average Bonchev–Trinajstić information content (AvgIpc) is 1.89. The minimum absolute atomic E-state index is 0.176. The summed E-state index contributed by atoms with van der Waals surface area (Å²) in [5, 5.41) is 11.2. The highest BCUT2D eigenvalue weighted by atomic mass is 16.5. The van der Waals surface area contributed by atoms with Crippen molar-refractivity contribution < 1.29 is 9.84 Å². The molecule has 0 aromatic carbocycles. The van der Waals surface area contributed by atoms with E-state index in [1.165, 1.54) is 0 Å². The smallest absolute Gasteiger partial charge is 0.0966 e. The van der Waals surface area contributed by atoms with E-state index in [4.69, 9.17) is 9.84 Å². The monoisotopic (exact) mass is 133 g/mol. The van der Waals surface area contributed by atoms with Crippen molar-refractivity contribution in [2.24, 2.45) is 0 Å². The Morgan fingerprint density at radius 1 is 1.56 bits per heavy atom. The van der Waals surface area contributed by atoms with Gasteiger partial charge in [0, 0.05) is 13.2 Å². The molecule has 0 aliphatic rings. The van der Waals surface area contributed by atoms with Crippen LogP contribution in [0.25, 0.3) is 0 Å². The molecule has 0 heterocycles. The standard InChI is InChI=1S/C6H15NO2/c1-2-5-9-6-7-3-4-8/h7-8H,2-6H2,1H3. The molecule has 0 rings (SSSR count). The van der Waals surface area contributed by atoms with Crippen molar-refractivity contribution in [1.82, 2.24) is 5.32 Å². The fourth-order valence-corrected chi connectivity index (χ4v) is 0.440. The molecule has 0 fully saturated rings. The third kappa shape index (κ3) is 7.88. The van der Waals surface area contributed by atoms with Gasteiger partial charge in [-0.1, -0.05) is 6.92 Å². The topological polar surface area (TPSA) is 41.5 Å². The van der Waals surface area contributed by atoms with Crippen molar-refractivity contribution in [3.05, 3.63) is 0 Å². The number of ether oxygens (including phenoxy) is 1. The van der Waals surface area contributed by atoms with Gasteiger partial charge in [-0.25, -0.2) is 0 Å². The van der Waals surface area contributed by atoms with Gasteiger partial charge in [-0.3, -0.25) is 5.32 Å². The number of aliphatic hydroxyl groups excluding tert-OH is 1. The lowest BCUT2D eigenvalue weighted by Crippen LogP contribution is -2.21. The normalized spacial score (nSPS) is 10.0. The molecule has 3 heteroatoms. The Morgan fingerprint density at radius 3 is 2.89 bits per heavy atom. The third-order valence-corrected chi connectivity index (χ3v) is 0.841. The van der Waals surface area contributed by atoms with Crippen LogP contribution < -0.4 is 5.32 Å². The van der Waals surface area contributed by atoms with Gasteiger partial charge in [0.15, 0.2) is 0 Å².